The summed E-state index contributed by atoms with van der Waals surface area (Å²) in [6, 6.07) is 22.6. The Hall–Kier alpha value is -3.94. The van der Waals surface area contributed by atoms with E-state index in [9.17, 15) is 18.4 Å². The van der Waals surface area contributed by atoms with E-state index >= 15 is 0 Å². The molecule has 3 aromatic rings. The van der Waals surface area contributed by atoms with Gasteiger partial charge in [0.05, 0.1) is 12.7 Å². The van der Waals surface area contributed by atoms with E-state index in [1.807, 2.05) is 60.7 Å². The summed E-state index contributed by atoms with van der Waals surface area (Å²) in [5.41, 5.74) is 1.92. The van der Waals surface area contributed by atoms with Crippen molar-refractivity contribution in [2.75, 3.05) is 13.7 Å². The van der Waals surface area contributed by atoms with Crippen LogP contribution in [0.15, 0.2) is 78.9 Å². The molecule has 3 rings (SSSR count). The normalized spacial score (nSPS) is 10.5. The third kappa shape index (κ3) is 7.03. The molecule has 172 valence electrons. The largest absolute Gasteiger partial charge is 0.493 e. The molecule has 8 heteroatoms. The molecule has 3 aromatic carbocycles. The monoisotopic (exact) mass is 455 g/mol. The summed E-state index contributed by atoms with van der Waals surface area (Å²) in [6.07, 6.45) is 0. The first-order valence-corrected chi connectivity index (χ1v) is 10.1. The molecular weight excluding hydrogens is 432 g/mol. The van der Waals surface area contributed by atoms with Crippen molar-refractivity contribution in [3.63, 3.8) is 0 Å². The number of nitrogens with zero attached hydrogens (tertiary/aromatic N) is 1. The molecule has 0 saturated carbocycles. The Bertz CT molecular complexity index is 1020. The SMILES string of the molecule is COc1cc(C(=O)OCC(=O)N(Cc2ccccc2)Cc2ccccc2)ccc1OC(F)F. The van der Waals surface area contributed by atoms with Gasteiger partial charge in [0.1, 0.15) is 0 Å². The smallest absolute Gasteiger partial charge is 0.387 e. The van der Waals surface area contributed by atoms with Crippen molar-refractivity contribution in [3.05, 3.63) is 95.6 Å². The molecule has 6 nitrogen and oxygen atoms in total. The average molecular weight is 455 g/mol. The quantitative estimate of drug-likeness (QED) is 0.415. The first-order valence-electron chi connectivity index (χ1n) is 10.1. The number of esters is 1. The summed E-state index contributed by atoms with van der Waals surface area (Å²) in [4.78, 5) is 27.0. The maximum atomic E-state index is 12.9. The van der Waals surface area contributed by atoms with Crippen LogP contribution < -0.4 is 9.47 Å². The summed E-state index contributed by atoms with van der Waals surface area (Å²) < 4.78 is 39.5. The van der Waals surface area contributed by atoms with Gasteiger partial charge in [-0.1, -0.05) is 60.7 Å². The zero-order valence-electron chi connectivity index (χ0n) is 17.9. The van der Waals surface area contributed by atoms with Crippen LogP contribution in [-0.4, -0.2) is 37.1 Å². The van der Waals surface area contributed by atoms with Gasteiger partial charge >= 0.3 is 12.6 Å². The van der Waals surface area contributed by atoms with Gasteiger partial charge in [0, 0.05) is 13.1 Å². The van der Waals surface area contributed by atoms with Gasteiger partial charge in [-0.15, -0.1) is 0 Å². The summed E-state index contributed by atoms with van der Waals surface area (Å²) in [7, 11) is 1.26. The molecule has 0 aromatic heterocycles. The highest BCUT2D eigenvalue weighted by Crippen LogP contribution is 2.29. The summed E-state index contributed by atoms with van der Waals surface area (Å²) in [5.74, 6) is -1.42. The molecule has 1 amide bonds. The molecular formula is C25H23F2NO5. The van der Waals surface area contributed by atoms with Gasteiger partial charge in [-0.25, -0.2) is 4.79 Å². The van der Waals surface area contributed by atoms with Crippen LogP contribution in [0, 0.1) is 0 Å². The van der Waals surface area contributed by atoms with Gasteiger partial charge in [0.15, 0.2) is 18.1 Å². The van der Waals surface area contributed by atoms with Gasteiger partial charge in [-0.05, 0) is 29.3 Å². The van der Waals surface area contributed by atoms with Crippen molar-refractivity contribution in [1.82, 2.24) is 4.90 Å². The molecule has 0 N–H and O–H groups in total. The zero-order valence-corrected chi connectivity index (χ0v) is 17.9. The lowest BCUT2D eigenvalue weighted by molar-refractivity contribution is -0.135. The van der Waals surface area contributed by atoms with Crippen LogP contribution in [0.5, 0.6) is 11.5 Å². The van der Waals surface area contributed by atoms with Crippen molar-refractivity contribution in [1.29, 1.82) is 0 Å². The van der Waals surface area contributed by atoms with Gasteiger partial charge in [-0.3, -0.25) is 4.79 Å². The Morgan fingerprint density at radius 2 is 1.42 bits per heavy atom. The van der Waals surface area contributed by atoms with E-state index in [-0.39, 0.29) is 23.0 Å². The van der Waals surface area contributed by atoms with Crippen LogP contribution >= 0.6 is 0 Å². The number of benzene rings is 3. The van der Waals surface area contributed by atoms with Crippen molar-refractivity contribution < 1.29 is 32.6 Å². The first-order chi connectivity index (χ1) is 16.0. The van der Waals surface area contributed by atoms with E-state index in [4.69, 9.17) is 9.47 Å². The maximum absolute atomic E-state index is 12.9. The lowest BCUT2D eigenvalue weighted by Crippen LogP contribution is -2.33. The first kappa shape index (κ1) is 23.7. The zero-order chi connectivity index (χ0) is 23.6. The number of alkyl halides is 2. The number of carbonyl (C=O) groups excluding carboxylic acids is 2. The average Bonchev–Trinajstić information content (AvgIpc) is 2.83. The van der Waals surface area contributed by atoms with Crippen LogP contribution in [0.4, 0.5) is 8.78 Å². The maximum Gasteiger partial charge on any atom is 0.387 e. The minimum Gasteiger partial charge on any atom is -0.493 e. The molecule has 0 atom stereocenters. The lowest BCUT2D eigenvalue weighted by atomic mass is 10.1. The second-order valence-electron chi connectivity index (χ2n) is 7.04. The van der Waals surface area contributed by atoms with Crippen LogP contribution in [0.25, 0.3) is 0 Å². The van der Waals surface area contributed by atoms with Gasteiger partial charge < -0.3 is 19.1 Å². The van der Waals surface area contributed by atoms with Gasteiger partial charge in [0.25, 0.3) is 5.91 Å². The van der Waals surface area contributed by atoms with Crippen LogP contribution in [0.3, 0.4) is 0 Å². The predicted molar refractivity (Wildman–Crippen MR) is 117 cm³/mol. The predicted octanol–water partition coefficient (Wildman–Crippen LogP) is 4.68. The third-order valence-electron chi connectivity index (χ3n) is 4.73. The van der Waals surface area contributed by atoms with Crippen LogP contribution in [0.1, 0.15) is 21.5 Å². The molecule has 0 fully saturated rings. The highest BCUT2D eigenvalue weighted by Gasteiger charge is 2.19. The minimum atomic E-state index is -3.03. The Labute approximate surface area is 190 Å². The molecule has 0 heterocycles. The standard InChI is InChI=1S/C25H23F2NO5/c1-31-22-14-20(12-13-21(22)33-25(26)27)24(30)32-17-23(29)28(15-18-8-4-2-5-9-18)16-19-10-6-3-7-11-19/h2-14,25H,15-17H2,1H3. The molecule has 0 aliphatic carbocycles. The van der Waals surface area contributed by atoms with E-state index in [0.29, 0.717) is 13.1 Å². The molecule has 0 aliphatic rings. The molecule has 0 radical (unpaired) electrons. The molecule has 0 saturated heterocycles. The fraction of sp³-hybridized carbons (Fsp3) is 0.200. The summed E-state index contributed by atoms with van der Waals surface area (Å²) in [6.45, 7) is -2.82. The highest BCUT2D eigenvalue weighted by atomic mass is 19.3. The Morgan fingerprint density at radius 1 is 0.848 bits per heavy atom. The Morgan fingerprint density at radius 3 is 1.94 bits per heavy atom. The van der Waals surface area contributed by atoms with E-state index in [1.165, 1.54) is 25.3 Å². The third-order valence-corrected chi connectivity index (χ3v) is 4.73. The van der Waals surface area contributed by atoms with Gasteiger partial charge in [0.2, 0.25) is 0 Å². The summed E-state index contributed by atoms with van der Waals surface area (Å²) in [5, 5.41) is 0. The van der Waals surface area contributed by atoms with Crippen LogP contribution in [0.2, 0.25) is 0 Å². The number of hydrogen-bond acceptors (Lipinski definition) is 5. The van der Waals surface area contributed by atoms with Gasteiger partial charge in [-0.2, -0.15) is 8.78 Å². The van der Waals surface area contributed by atoms with E-state index in [2.05, 4.69) is 4.74 Å². The van der Waals surface area contributed by atoms with Crippen molar-refractivity contribution in [3.8, 4) is 11.5 Å². The fourth-order valence-electron chi connectivity index (χ4n) is 3.13. The Balaban J connectivity index is 1.68. The number of rotatable bonds is 10. The molecule has 0 spiro atoms. The number of hydrogen-bond donors (Lipinski definition) is 0. The number of halogens is 2. The lowest BCUT2D eigenvalue weighted by Gasteiger charge is -2.23. The minimum absolute atomic E-state index is 0.0407. The topological polar surface area (TPSA) is 65.1 Å². The van der Waals surface area contributed by atoms with E-state index < -0.39 is 19.2 Å². The number of methoxy groups -OCH3 is 1. The summed E-state index contributed by atoms with van der Waals surface area (Å²) >= 11 is 0. The van der Waals surface area contributed by atoms with E-state index in [0.717, 1.165) is 11.1 Å². The molecule has 0 bridgehead atoms. The Kier molecular flexibility index (Phi) is 8.35. The number of carbonyl (C=O) groups is 2. The number of ether oxygens (including phenoxy) is 3. The van der Waals surface area contributed by atoms with Crippen molar-refractivity contribution in [2.45, 2.75) is 19.7 Å². The second-order valence-corrected chi connectivity index (χ2v) is 7.04. The van der Waals surface area contributed by atoms with Crippen molar-refractivity contribution in [2.24, 2.45) is 0 Å². The van der Waals surface area contributed by atoms with Crippen molar-refractivity contribution >= 4 is 11.9 Å². The molecule has 33 heavy (non-hydrogen) atoms. The van der Waals surface area contributed by atoms with Crippen LogP contribution in [-0.2, 0) is 22.6 Å². The van der Waals surface area contributed by atoms with E-state index in [1.54, 1.807) is 4.90 Å². The highest BCUT2D eigenvalue weighted by molar-refractivity contribution is 5.92. The molecule has 0 unspecified atom stereocenters. The fourth-order valence-corrected chi connectivity index (χ4v) is 3.13. The second kappa shape index (κ2) is 11.6. The number of amides is 1. The molecule has 0 aliphatic heterocycles.